The van der Waals surface area contributed by atoms with E-state index in [0.717, 1.165) is 6.42 Å². The molecule has 0 aromatic heterocycles. The summed E-state index contributed by atoms with van der Waals surface area (Å²) in [6.07, 6.45) is 3.18. The highest BCUT2D eigenvalue weighted by atomic mass is 16.6. The minimum atomic E-state index is -1.06. The molecule has 0 aromatic rings. The van der Waals surface area contributed by atoms with Crippen molar-refractivity contribution in [3.05, 3.63) is 0 Å². The first kappa shape index (κ1) is 20.9. The number of hydrogen-bond donors (Lipinski definition) is 2. The van der Waals surface area contributed by atoms with E-state index in [1.807, 2.05) is 6.92 Å². The van der Waals surface area contributed by atoms with Gasteiger partial charge in [-0.3, -0.25) is 14.4 Å². The third-order valence-electron chi connectivity index (χ3n) is 10.5. The summed E-state index contributed by atoms with van der Waals surface area (Å²) in [6, 6.07) is 2.39. The first-order chi connectivity index (χ1) is 14.5. The summed E-state index contributed by atoms with van der Waals surface area (Å²) in [5.74, 6) is -2.61. The second kappa shape index (κ2) is 6.31. The Hall–Kier alpha value is -1.94. The Morgan fingerprint density at radius 3 is 2.48 bits per heavy atom. The highest BCUT2D eigenvalue weighted by Gasteiger charge is 2.74. The van der Waals surface area contributed by atoms with Crippen molar-refractivity contribution in [1.82, 2.24) is 0 Å². The third-order valence-corrected chi connectivity index (χ3v) is 10.5. The van der Waals surface area contributed by atoms with Crippen LogP contribution < -0.4 is 0 Å². The Morgan fingerprint density at radius 1 is 1.13 bits per heavy atom. The first-order valence-corrected chi connectivity index (χ1v) is 11.6. The fourth-order valence-electron chi connectivity index (χ4n) is 8.97. The SMILES string of the molecule is C[C@]12C[C@@H](O)C3C(C1CC[C@@]21CCC(=O)O1)[C@H](C(=O)O)C[C@]1(C#N)CC(=O)CC[C@]31C. The van der Waals surface area contributed by atoms with Crippen molar-refractivity contribution in [2.45, 2.75) is 83.3 Å². The summed E-state index contributed by atoms with van der Waals surface area (Å²) >= 11 is 0. The van der Waals surface area contributed by atoms with Crippen LogP contribution in [-0.2, 0) is 19.1 Å². The third kappa shape index (κ3) is 2.40. The van der Waals surface area contributed by atoms with Gasteiger partial charge in [-0.2, -0.15) is 5.26 Å². The molecular weight excluding hydrogens is 398 g/mol. The predicted molar refractivity (Wildman–Crippen MR) is 107 cm³/mol. The number of Topliss-reactive ketones (excluding diaryl/α,β-unsaturated/α-hetero) is 1. The number of carbonyl (C=O) groups excluding carboxylic acids is 2. The molecule has 1 aliphatic heterocycles. The van der Waals surface area contributed by atoms with Gasteiger partial charge < -0.3 is 14.9 Å². The molecule has 0 aromatic carbocycles. The van der Waals surface area contributed by atoms with E-state index in [-0.39, 0.29) is 42.3 Å². The summed E-state index contributed by atoms with van der Waals surface area (Å²) in [4.78, 5) is 37.0. The van der Waals surface area contributed by atoms with E-state index in [2.05, 4.69) is 13.0 Å². The minimum Gasteiger partial charge on any atom is -0.481 e. The average molecular weight is 430 g/mol. The molecule has 0 amide bonds. The van der Waals surface area contributed by atoms with Crippen LogP contribution in [0.15, 0.2) is 0 Å². The summed E-state index contributed by atoms with van der Waals surface area (Å²) in [5, 5.41) is 32.1. The molecule has 7 nitrogen and oxygen atoms in total. The zero-order valence-corrected chi connectivity index (χ0v) is 18.2. The normalized spacial score (nSPS) is 53.3. The van der Waals surface area contributed by atoms with Crippen LogP contribution in [0, 0.1) is 51.2 Å². The van der Waals surface area contributed by atoms with E-state index < -0.39 is 39.8 Å². The quantitative estimate of drug-likeness (QED) is 0.614. The molecule has 4 aliphatic carbocycles. The fourth-order valence-corrected chi connectivity index (χ4v) is 8.97. The maximum atomic E-state index is 12.5. The maximum Gasteiger partial charge on any atom is 0.306 e. The van der Waals surface area contributed by atoms with E-state index in [1.165, 1.54) is 0 Å². The van der Waals surface area contributed by atoms with Crippen molar-refractivity contribution in [3.63, 3.8) is 0 Å². The minimum absolute atomic E-state index is 0.000883. The number of rotatable bonds is 1. The van der Waals surface area contributed by atoms with Gasteiger partial charge in [-0.25, -0.2) is 0 Å². The van der Waals surface area contributed by atoms with E-state index in [4.69, 9.17) is 4.74 Å². The van der Waals surface area contributed by atoms with Crippen LogP contribution in [0.5, 0.6) is 0 Å². The van der Waals surface area contributed by atoms with Gasteiger partial charge in [-0.05, 0) is 61.7 Å². The fraction of sp³-hybridized carbons (Fsp3) is 0.833. The molecule has 5 fully saturated rings. The van der Waals surface area contributed by atoms with Crippen molar-refractivity contribution in [2.75, 3.05) is 0 Å². The van der Waals surface area contributed by atoms with Crippen molar-refractivity contribution in [2.24, 2.45) is 39.9 Å². The van der Waals surface area contributed by atoms with Crippen molar-refractivity contribution in [3.8, 4) is 6.07 Å². The number of hydrogen-bond acceptors (Lipinski definition) is 6. The molecular formula is C24H31NO6. The van der Waals surface area contributed by atoms with Crippen molar-refractivity contribution >= 4 is 17.7 Å². The molecule has 0 radical (unpaired) electrons. The van der Waals surface area contributed by atoms with Gasteiger partial charge in [0.25, 0.3) is 0 Å². The molecule has 5 rings (SSSR count). The number of carboxylic acids is 1. The molecule has 1 spiro atoms. The second-order valence-corrected chi connectivity index (χ2v) is 11.4. The highest BCUT2D eigenvalue weighted by Crippen LogP contribution is 2.73. The predicted octanol–water partition coefficient (Wildman–Crippen LogP) is 2.85. The molecule has 0 bridgehead atoms. The number of ether oxygens (including phenoxy) is 1. The Kier molecular flexibility index (Phi) is 4.26. The number of esters is 1. The zero-order chi connectivity index (χ0) is 22.4. The van der Waals surface area contributed by atoms with Crippen LogP contribution >= 0.6 is 0 Å². The van der Waals surface area contributed by atoms with Crippen LogP contribution in [0.2, 0.25) is 0 Å². The molecule has 5 aliphatic rings. The monoisotopic (exact) mass is 429 g/mol. The maximum absolute atomic E-state index is 12.5. The molecule has 9 atom stereocenters. The van der Waals surface area contributed by atoms with Crippen LogP contribution in [-0.4, -0.2) is 39.6 Å². The average Bonchev–Trinajstić information content (AvgIpc) is 3.22. The lowest BCUT2D eigenvalue weighted by Crippen LogP contribution is -2.67. The Bertz CT molecular complexity index is 910. The summed E-state index contributed by atoms with van der Waals surface area (Å²) in [5.41, 5.74) is -2.79. The van der Waals surface area contributed by atoms with Gasteiger partial charge in [0, 0.05) is 24.7 Å². The Balaban J connectivity index is 1.64. The lowest BCUT2D eigenvalue weighted by molar-refractivity contribution is -0.227. The van der Waals surface area contributed by atoms with Gasteiger partial charge in [-0.1, -0.05) is 13.8 Å². The van der Waals surface area contributed by atoms with E-state index in [1.54, 1.807) is 0 Å². The number of fused-ring (bicyclic) bond motifs is 6. The molecule has 3 unspecified atom stereocenters. The largest absolute Gasteiger partial charge is 0.481 e. The molecule has 31 heavy (non-hydrogen) atoms. The molecule has 168 valence electrons. The van der Waals surface area contributed by atoms with Gasteiger partial charge in [0.05, 0.1) is 23.5 Å². The molecule has 4 saturated carbocycles. The van der Waals surface area contributed by atoms with Gasteiger partial charge in [0.1, 0.15) is 11.4 Å². The van der Waals surface area contributed by atoms with Crippen molar-refractivity contribution < 1.29 is 29.3 Å². The van der Waals surface area contributed by atoms with Crippen LogP contribution in [0.3, 0.4) is 0 Å². The zero-order valence-electron chi connectivity index (χ0n) is 18.2. The standard InChI is InChI=1S/C24H31NO6/c1-21-6-3-13(26)9-23(21,12-25)10-14(20(29)30)18-15-4-7-24(8-5-17(28)31-24)22(15,2)11-16(27)19(18)21/h14-16,18-19,27H,3-11H2,1-2H3,(H,29,30)/t14-,15?,16-,18?,19?,21-,22+,23+,24-/m1/s1. The Labute approximate surface area is 182 Å². The highest BCUT2D eigenvalue weighted by molar-refractivity contribution is 5.81. The van der Waals surface area contributed by atoms with E-state index >= 15 is 0 Å². The summed E-state index contributed by atoms with van der Waals surface area (Å²) in [6.45, 7) is 4.07. The number of nitriles is 1. The molecule has 1 saturated heterocycles. The lowest BCUT2D eigenvalue weighted by Gasteiger charge is -2.65. The number of ketones is 1. The first-order valence-electron chi connectivity index (χ1n) is 11.6. The van der Waals surface area contributed by atoms with Crippen LogP contribution in [0.4, 0.5) is 0 Å². The van der Waals surface area contributed by atoms with Gasteiger partial charge in [-0.15, -0.1) is 0 Å². The van der Waals surface area contributed by atoms with Crippen molar-refractivity contribution in [1.29, 1.82) is 5.26 Å². The smallest absolute Gasteiger partial charge is 0.306 e. The number of carboxylic acid groups (broad SMARTS) is 1. The summed E-state index contributed by atoms with van der Waals surface area (Å²) < 4.78 is 5.90. The van der Waals surface area contributed by atoms with Crippen LogP contribution in [0.1, 0.15) is 71.6 Å². The second-order valence-electron chi connectivity index (χ2n) is 11.4. The number of aliphatic hydroxyl groups excluding tert-OH is 1. The van der Waals surface area contributed by atoms with Crippen LogP contribution in [0.25, 0.3) is 0 Å². The number of carbonyl (C=O) groups is 3. The van der Waals surface area contributed by atoms with E-state index in [0.29, 0.717) is 38.5 Å². The van der Waals surface area contributed by atoms with Gasteiger partial charge in [0.15, 0.2) is 0 Å². The molecule has 1 heterocycles. The number of aliphatic carboxylic acids is 1. The Morgan fingerprint density at radius 2 is 1.87 bits per heavy atom. The van der Waals surface area contributed by atoms with Gasteiger partial charge >= 0.3 is 11.9 Å². The van der Waals surface area contributed by atoms with Gasteiger partial charge in [0.2, 0.25) is 0 Å². The number of nitrogens with zero attached hydrogens (tertiary/aromatic N) is 1. The topological polar surface area (TPSA) is 125 Å². The number of aliphatic hydroxyl groups is 1. The molecule has 2 N–H and O–H groups in total. The molecule has 7 heteroatoms. The van der Waals surface area contributed by atoms with E-state index in [9.17, 15) is 29.9 Å². The summed E-state index contributed by atoms with van der Waals surface area (Å²) in [7, 11) is 0. The lowest BCUT2D eigenvalue weighted by atomic mass is 9.37.